The second kappa shape index (κ2) is 4.93. The van der Waals surface area contributed by atoms with Crippen molar-refractivity contribution >= 4 is 22.3 Å². The van der Waals surface area contributed by atoms with Crippen LogP contribution >= 0.6 is 10.2 Å². The third kappa shape index (κ3) is 8.30. The lowest BCUT2D eigenvalue weighted by Crippen LogP contribution is -2.04. The van der Waals surface area contributed by atoms with Crippen molar-refractivity contribution < 1.29 is 29.0 Å². The number of carbonyl (C=O) groups is 1. The van der Waals surface area contributed by atoms with E-state index >= 15 is 0 Å². The van der Waals surface area contributed by atoms with Crippen LogP contribution < -0.4 is 0 Å². The van der Waals surface area contributed by atoms with Crippen molar-refractivity contribution in [3.05, 3.63) is 53.5 Å². The van der Waals surface area contributed by atoms with E-state index in [1.54, 1.807) is 36.4 Å². The minimum atomic E-state index is -9.71. The molecule has 0 aliphatic carbocycles. The Hall–Kier alpha value is -1.83. The first-order valence-corrected chi connectivity index (χ1v) is 7.28. The Morgan fingerprint density at radius 2 is 1.70 bits per heavy atom. The van der Waals surface area contributed by atoms with Gasteiger partial charge in [0, 0.05) is 6.08 Å². The molecule has 1 aromatic carbocycles. The molecule has 8 heteroatoms. The van der Waals surface area contributed by atoms with Gasteiger partial charge in [-0.25, -0.2) is 4.79 Å². The van der Waals surface area contributed by atoms with Gasteiger partial charge in [-0.15, -0.1) is 0 Å². The molecule has 0 spiro atoms. The second-order valence-corrected chi connectivity index (χ2v) is 6.10. The molecule has 112 valence electrons. The molecule has 0 aliphatic rings. The van der Waals surface area contributed by atoms with Crippen molar-refractivity contribution in [2.75, 3.05) is 6.61 Å². The minimum absolute atomic E-state index is 0.321. The number of hydrogen-bond acceptors (Lipinski definition) is 2. The molecule has 0 atom stereocenters. The van der Waals surface area contributed by atoms with Crippen LogP contribution in [0.1, 0.15) is 5.56 Å². The topological polar surface area (TPSA) is 26.3 Å². The molecule has 1 rings (SSSR count). The van der Waals surface area contributed by atoms with Crippen LogP contribution in [0.5, 0.6) is 0 Å². The first-order chi connectivity index (χ1) is 8.95. The van der Waals surface area contributed by atoms with Gasteiger partial charge in [0.15, 0.2) is 0 Å². The molecule has 0 aromatic heterocycles. The number of esters is 1. The molecule has 1 aromatic rings. The molecular weight excluding hydrogens is 303 g/mol. The van der Waals surface area contributed by atoms with Crippen molar-refractivity contribution in [2.24, 2.45) is 0 Å². The van der Waals surface area contributed by atoms with Gasteiger partial charge in [-0.3, -0.25) is 0 Å². The molecule has 0 heterocycles. The molecule has 0 amide bonds. The lowest BCUT2D eigenvalue weighted by Gasteiger charge is -2.36. The fourth-order valence-electron chi connectivity index (χ4n) is 1.11. The maximum atomic E-state index is 11.9. The van der Waals surface area contributed by atoms with Crippen molar-refractivity contribution in [3.8, 4) is 0 Å². The summed E-state index contributed by atoms with van der Waals surface area (Å²) in [5.41, 5.74) is 0.797. The normalized spacial score (nSPS) is 16.1. The molecule has 0 fully saturated rings. The van der Waals surface area contributed by atoms with Crippen LogP contribution in [-0.2, 0) is 9.53 Å². The van der Waals surface area contributed by atoms with E-state index in [0.29, 0.717) is 0 Å². The zero-order valence-electron chi connectivity index (χ0n) is 10.0. The van der Waals surface area contributed by atoms with Crippen LogP contribution in [0.2, 0.25) is 0 Å². The Labute approximate surface area is 112 Å². The first-order valence-electron chi connectivity index (χ1n) is 5.27. The molecule has 0 aliphatic heterocycles. The maximum absolute atomic E-state index is 11.9. The average Bonchev–Trinajstić information content (AvgIpc) is 2.31. The summed E-state index contributed by atoms with van der Waals surface area (Å²) in [5, 5.41) is -1.33. The predicted octanol–water partition coefficient (Wildman–Crippen LogP) is 5.06. The second-order valence-electron chi connectivity index (χ2n) is 3.77. The van der Waals surface area contributed by atoms with Gasteiger partial charge in [-0.1, -0.05) is 55.8 Å². The standard InChI is InChI=1S/C12H11F5O2S/c13-20(14,15,16,17)10-8-12(18)19-9-4-7-11-5-2-1-3-6-11/h1-8,10H,9H2/b7-4+,10-8+. The number of benzene rings is 1. The summed E-state index contributed by atoms with van der Waals surface area (Å²) in [7, 11) is -9.71. The van der Waals surface area contributed by atoms with Crippen LogP contribution in [0, 0.1) is 0 Å². The zero-order chi connectivity index (χ0) is 15.3. The number of halogens is 5. The SMILES string of the molecule is O=C(/C=C/S(F)(F)(F)(F)F)OC/C=C/c1ccccc1. The highest BCUT2D eigenvalue weighted by Gasteiger charge is 2.60. The van der Waals surface area contributed by atoms with Gasteiger partial charge < -0.3 is 4.74 Å². The van der Waals surface area contributed by atoms with E-state index in [9.17, 15) is 24.2 Å². The molecular formula is C12H11F5O2S. The van der Waals surface area contributed by atoms with Gasteiger partial charge in [-0.05, 0) is 11.6 Å². The number of rotatable bonds is 5. The van der Waals surface area contributed by atoms with E-state index in [1.807, 2.05) is 0 Å². The van der Waals surface area contributed by atoms with Crippen molar-refractivity contribution in [3.63, 3.8) is 0 Å². The number of carbonyl (C=O) groups excluding carboxylic acids is 1. The largest absolute Gasteiger partial charge is 0.458 e. The third-order valence-electron chi connectivity index (χ3n) is 1.89. The molecule has 0 saturated carbocycles. The van der Waals surface area contributed by atoms with Gasteiger partial charge in [0.1, 0.15) is 6.61 Å². The highest BCUT2D eigenvalue weighted by Crippen LogP contribution is 2.98. The molecule has 0 unspecified atom stereocenters. The molecule has 0 radical (unpaired) electrons. The van der Waals surface area contributed by atoms with Gasteiger partial charge in [-0.2, -0.15) is 0 Å². The summed E-state index contributed by atoms with van der Waals surface area (Å²) >= 11 is 0. The lowest BCUT2D eigenvalue weighted by molar-refractivity contribution is -0.136. The van der Waals surface area contributed by atoms with Crippen LogP contribution in [-0.4, -0.2) is 12.6 Å². The fraction of sp³-hybridized carbons (Fsp3) is 0.0833. The fourth-order valence-corrected chi connectivity index (χ4v) is 1.48. The third-order valence-corrected chi connectivity index (χ3v) is 2.54. The summed E-state index contributed by atoms with van der Waals surface area (Å²) < 4.78 is 63.7. The van der Waals surface area contributed by atoms with E-state index in [4.69, 9.17) is 0 Å². The Morgan fingerprint density at radius 3 is 2.25 bits per heavy atom. The Morgan fingerprint density at radius 1 is 1.10 bits per heavy atom. The number of hydrogen-bond donors (Lipinski definition) is 0. The summed E-state index contributed by atoms with van der Waals surface area (Å²) in [4.78, 5) is 10.8. The van der Waals surface area contributed by atoms with E-state index in [0.717, 1.165) is 5.56 Å². The minimum Gasteiger partial charge on any atom is -0.458 e. The van der Waals surface area contributed by atoms with Crippen LogP contribution in [0.25, 0.3) is 6.08 Å². The highest BCUT2D eigenvalue weighted by molar-refractivity contribution is 8.48. The van der Waals surface area contributed by atoms with Crippen molar-refractivity contribution in [1.29, 1.82) is 0 Å². The molecule has 0 bridgehead atoms. The predicted molar refractivity (Wildman–Crippen MR) is 68.7 cm³/mol. The quantitative estimate of drug-likeness (QED) is 0.431. The van der Waals surface area contributed by atoms with Crippen LogP contribution in [0.3, 0.4) is 0 Å². The van der Waals surface area contributed by atoms with E-state index < -0.39 is 21.6 Å². The van der Waals surface area contributed by atoms with Crippen LogP contribution in [0.4, 0.5) is 19.4 Å². The van der Waals surface area contributed by atoms with Gasteiger partial charge in [0.05, 0.1) is 5.41 Å². The first kappa shape index (κ1) is 16.2. The molecule has 0 saturated heterocycles. The summed E-state index contributed by atoms with van der Waals surface area (Å²) in [6.07, 6.45) is 2.63. The van der Waals surface area contributed by atoms with Gasteiger partial charge in [0.2, 0.25) is 0 Å². The summed E-state index contributed by atoms with van der Waals surface area (Å²) in [6, 6.07) is 8.84. The smallest absolute Gasteiger partial charge is 0.331 e. The molecule has 2 nitrogen and oxygen atoms in total. The Bertz CT molecular complexity index is 534. The zero-order valence-corrected chi connectivity index (χ0v) is 10.8. The van der Waals surface area contributed by atoms with Crippen molar-refractivity contribution in [2.45, 2.75) is 0 Å². The van der Waals surface area contributed by atoms with Crippen molar-refractivity contribution in [1.82, 2.24) is 0 Å². The lowest BCUT2D eigenvalue weighted by atomic mass is 10.2. The number of ether oxygens (including phenoxy) is 1. The summed E-state index contributed by atoms with van der Waals surface area (Å²) in [6.45, 7) is -0.321. The average molecular weight is 314 g/mol. The van der Waals surface area contributed by atoms with E-state index in [-0.39, 0.29) is 12.7 Å². The monoisotopic (exact) mass is 314 g/mol. The molecule has 20 heavy (non-hydrogen) atoms. The highest BCUT2D eigenvalue weighted by atomic mass is 32.5. The maximum Gasteiger partial charge on any atom is 0.331 e. The van der Waals surface area contributed by atoms with Gasteiger partial charge in [0.25, 0.3) is 0 Å². The van der Waals surface area contributed by atoms with Crippen LogP contribution in [0.15, 0.2) is 47.9 Å². The Balaban J connectivity index is 2.46. The molecule has 0 N–H and O–H groups in total. The van der Waals surface area contributed by atoms with E-state index in [2.05, 4.69) is 4.74 Å². The van der Waals surface area contributed by atoms with Gasteiger partial charge >= 0.3 is 16.2 Å². The summed E-state index contributed by atoms with van der Waals surface area (Å²) in [5.74, 6) is -1.49. The Kier molecular flexibility index (Phi) is 4.00. The van der Waals surface area contributed by atoms with E-state index in [1.165, 1.54) is 6.08 Å².